The molecule has 2 aromatic carbocycles. The van der Waals surface area contributed by atoms with Crippen LogP contribution in [-0.4, -0.2) is 38.7 Å². The van der Waals surface area contributed by atoms with Gasteiger partial charge in [0, 0.05) is 42.3 Å². The lowest BCUT2D eigenvalue weighted by atomic mass is 10.1. The molecule has 3 N–H and O–H groups in total. The molecule has 3 aromatic rings. The van der Waals surface area contributed by atoms with Crippen LogP contribution in [0.1, 0.15) is 29.7 Å². The molecule has 1 aromatic heterocycles. The molecule has 0 amide bonds. The number of hydrogen-bond acceptors (Lipinski definition) is 6. The molecule has 0 spiro atoms. The van der Waals surface area contributed by atoms with Gasteiger partial charge in [-0.2, -0.15) is 0 Å². The number of aromatic nitrogens is 2. The fourth-order valence-electron chi connectivity index (χ4n) is 3.37. The van der Waals surface area contributed by atoms with Gasteiger partial charge in [-0.1, -0.05) is 30.0 Å². The first-order valence-electron chi connectivity index (χ1n) is 11.3. The maximum Gasteiger partial charge on any atom is 0.163 e. The highest BCUT2D eigenvalue weighted by Gasteiger charge is 2.23. The topological polar surface area (TPSA) is 105 Å². The van der Waals surface area contributed by atoms with Gasteiger partial charge >= 0.3 is 0 Å². The third-order valence-corrected chi connectivity index (χ3v) is 5.22. The number of H-pyrrole nitrogens is 1. The molecule has 1 aliphatic rings. The van der Waals surface area contributed by atoms with Crippen LogP contribution in [0.15, 0.2) is 90.5 Å². The van der Waals surface area contributed by atoms with Gasteiger partial charge in [-0.05, 0) is 54.3 Å². The van der Waals surface area contributed by atoms with Crippen LogP contribution in [0.2, 0.25) is 0 Å². The average molecular weight is 481 g/mol. The van der Waals surface area contributed by atoms with Crippen molar-refractivity contribution < 1.29 is 24.5 Å². The highest BCUT2D eigenvalue weighted by molar-refractivity contribution is 5.80. The Morgan fingerprint density at radius 3 is 2.47 bits per heavy atom. The van der Waals surface area contributed by atoms with Gasteiger partial charge in [0.05, 0.1) is 6.33 Å². The van der Waals surface area contributed by atoms with E-state index in [-0.39, 0.29) is 43.2 Å². The number of benzene rings is 2. The summed E-state index contributed by atoms with van der Waals surface area (Å²) in [5.41, 5.74) is 2.42. The summed E-state index contributed by atoms with van der Waals surface area (Å²) in [5.74, 6) is 12.4. The summed E-state index contributed by atoms with van der Waals surface area (Å²) in [6, 6.07) is 16.8. The van der Waals surface area contributed by atoms with Gasteiger partial charge < -0.3 is 24.7 Å². The quantitative estimate of drug-likeness (QED) is 0.424. The van der Waals surface area contributed by atoms with Gasteiger partial charge in [0.2, 0.25) is 0 Å². The van der Waals surface area contributed by atoms with E-state index in [9.17, 15) is 15.0 Å². The van der Waals surface area contributed by atoms with Crippen molar-refractivity contribution in [1.29, 1.82) is 0 Å². The highest BCUT2D eigenvalue weighted by atomic mass is 16.5. The zero-order valence-electron chi connectivity index (χ0n) is 19.4. The smallest absolute Gasteiger partial charge is 0.163 e. The number of carbonyl (C=O) groups excluding carboxylic acids is 1. The van der Waals surface area contributed by atoms with Crippen LogP contribution in [0.5, 0.6) is 5.75 Å². The number of Topliss-reactive ketones (excluding diaryl/α,β-unsaturated/α-hetero) is 1. The Balaban J connectivity index is 1.27. The summed E-state index contributed by atoms with van der Waals surface area (Å²) < 4.78 is 11.4. The van der Waals surface area contributed by atoms with Gasteiger partial charge in [0.15, 0.2) is 5.76 Å². The Kier molecular flexibility index (Phi) is 8.22. The van der Waals surface area contributed by atoms with E-state index in [1.54, 1.807) is 18.3 Å². The van der Waals surface area contributed by atoms with E-state index < -0.39 is 6.10 Å². The number of aliphatic hydroxyl groups is 2. The lowest BCUT2D eigenvalue weighted by Crippen LogP contribution is -2.20. The molecule has 7 nitrogen and oxygen atoms in total. The third kappa shape index (κ3) is 7.14. The van der Waals surface area contributed by atoms with E-state index in [1.165, 1.54) is 12.4 Å². The Morgan fingerprint density at radius 1 is 1.06 bits per heavy atom. The average Bonchev–Trinajstić information content (AvgIpc) is 3.41. The van der Waals surface area contributed by atoms with E-state index in [0.717, 1.165) is 11.1 Å². The number of hydrogen-bond donors (Lipinski definition) is 3. The van der Waals surface area contributed by atoms with Crippen LogP contribution in [0, 0.1) is 23.7 Å². The minimum atomic E-state index is -1.22. The van der Waals surface area contributed by atoms with Crippen LogP contribution in [-0.2, 0) is 16.0 Å². The molecule has 0 bridgehead atoms. The van der Waals surface area contributed by atoms with Crippen molar-refractivity contribution in [3.05, 3.63) is 107 Å². The van der Waals surface area contributed by atoms with Gasteiger partial charge in [-0.25, -0.2) is 4.98 Å². The number of ketones is 1. The normalized spacial score (nSPS) is 14.5. The molecule has 0 saturated carbocycles. The van der Waals surface area contributed by atoms with Crippen LogP contribution in [0.3, 0.4) is 0 Å². The number of aliphatic hydroxyl groups excluding tert-OH is 2. The summed E-state index contributed by atoms with van der Waals surface area (Å²) in [5, 5.41) is 20.3. The Morgan fingerprint density at radius 2 is 1.78 bits per heavy atom. The Labute approximate surface area is 209 Å². The summed E-state index contributed by atoms with van der Waals surface area (Å²) in [7, 11) is 0. The zero-order valence-corrected chi connectivity index (χ0v) is 19.4. The van der Waals surface area contributed by atoms with Crippen LogP contribution < -0.4 is 4.74 Å². The largest absolute Gasteiger partial charge is 0.506 e. The molecule has 1 aliphatic heterocycles. The van der Waals surface area contributed by atoms with Crippen LogP contribution >= 0.6 is 0 Å². The van der Waals surface area contributed by atoms with Crippen molar-refractivity contribution in [3.63, 3.8) is 0 Å². The molecule has 7 heteroatoms. The molecule has 180 valence electrons. The van der Waals surface area contributed by atoms with E-state index in [0.29, 0.717) is 17.2 Å². The monoisotopic (exact) mass is 480 g/mol. The molecule has 0 saturated heterocycles. The number of carbonyl (C=O) groups is 1. The first kappa shape index (κ1) is 24.4. The fourth-order valence-corrected chi connectivity index (χ4v) is 3.37. The zero-order chi connectivity index (χ0) is 25.2. The van der Waals surface area contributed by atoms with Gasteiger partial charge in [-0.3, -0.25) is 4.79 Å². The molecule has 1 atom stereocenters. The second kappa shape index (κ2) is 12.1. The molecule has 1 unspecified atom stereocenters. The fraction of sp³-hybridized carbons (Fsp3) is 0.172. The molecule has 36 heavy (non-hydrogen) atoms. The maximum absolute atomic E-state index is 12.2. The van der Waals surface area contributed by atoms with E-state index >= 15 is 0 Å². The second-order valence-corrected chi connectivity index (χ2v) is 7.96. The minimum absolute atomic E-state index is 0.0424. The number of nitrogens with one attached hydrogen (secondary N) is 1. The Bertz CT molecular complexity index is 1370. The van der Waals surface area contributed by atoms with Crippen LogP contribution in [0.4, 0.5) is 0 Å². The SMILES string of the molecule is O=C(CCC1=C(O)C(O)C=C(COc2ccc(C#CC#Cc3ccccc3)cc2)O1)Cc1cnc[nH]1. The number of allylic oxidation sites excluding steroid dienone is 1. The second-order valence-electron chi connectivity index (χ2n) is 7.96. The molecule has 0 aliphatic carbocycles. The van der Waals surface area contributed by atoms with Crippen molar-refractivity contribution in [3.8, 4) is 29.4 Å². The highest BCUT2D eigenvalue weighted by Crippen LogP contribution is 2.25. The number of rotatable bonds is 8. The third-order valence-electron chi connectivity index (χ3n) is 5.22. The maximum atomic E-state index is 12.2. The summed E-state index contributed by atoms with van der Waals surface area (Å²) in [4.78, 5) is 18.9. The molecule has 4 rings (SSSR count). The van der Waals surface area contributed by atoms with E-state index in [1.807, 2.05) is 42.5 Å². The van der Waals surface area contributed by atoms with Crippen molar-refractivity contribution in [2.45, 2.75) is 25.4 Å². The lowest BCUT2D eigenvalue weighted by molar-refractivity contribution is -0.118. The lowest BCUT2D eigenvalue weighted by Gasteiger charge is -2.22. The predicted octanol–water partition coefficient (Wildman–Crippen LogP) is 3.83. The minimum Gasteiger partial charge on any atom is -0.506 e. The van der Waals surface area contributed by atoms with Crippen molar-refractivity contribution >= 4 is 5.78 Å². The predicted molar refractivity (Wildman–Crippen MR) is 133 cm³/mol. The van der Waals surface area contributed by atoms with Gasteiger partial charge in [0.25, 0.3) is 0 Å². The number of nitrogens with zero attached hydrogens (tertiary/aromatic N) is 1. The molecular weight excluding hydrogens is 456 g/mol. The van der Waals surface area contributed by atoms with Crippen molar-refractivity contribution in [2.24, 2.45) is 0 Å². The Hall–Kier alpha value is -4.72. The van der Waals surface area contributed by atoms with Crippen molar-refractivity contribution in [2.75, 3.05) is 6.61 Å². The summed E-state index contributed by atoms with van der Waals surface area (Å²) >= 11 is 0. The number of imidazole rings is 1. The first-order chi connectivity index (χ1) is 17.6. The molecule has 0 fully saturated rings. The summed E-state index contributed by atoms with van der Waals surface area (Å²) in [6.07, 6.45) is 3.78. The van der Waals surface area contributed by atoms with Crippen molar-refractivity contribution in [1.82, 2.24) is 9.97 Å². The first-order valence-corrected chi connectivity index (χ1v) is 11.3. The van der Waals surface area contributed by atoms with E-state index in [4.69, 9.17) is 9.47 Å². The summed E-state index contributed by atoms with van der Waals surface area (Å²) in [6.45, 7) is 0.0451. The molecule has 2 heterocycles. The van der Waals surface area contributed by atoms with Gasteiger partial charge in [-0.15, -0.1) is 0 Å². The number of ether oxygens (including phenoxy) is 2. The number of aromatic amines is 1. The molecular formula is C29H24N2O5. The standard InChI is InChI=1S/C29H24N2O5/c32-24(16-23-18-30-20-31-23)12-15-28-29(34)27(33)17-26(36-28)19-35-25-13-10-22(11-14-25)9-5-4-8-21-6-2-1-3-7-21/h1-3,6-7,10-11,13-14,17-18,20,27,33-34H,12,15-16,19H2,(H,30,31). The van der Waals surface area contributed by atoms with E-state index in [2.05, 4.69) is 33.6 Å². The van der Waals surface area contributed by atoms with Gasteiger partial charge in [0.1, 0.15) is 35.8 Å². The van der Waals surface area contributed by atoms with Crippen LogP contribution in [0.25, 0.3) is 0 Å². The molecule has 0 radical (unpaired) electrons.